The maximum Gasteiger partial charge on any atom is 0.0949 e. The van der Waals surface area contributed by atoms with Crippen LogP contribution in [0.1, 0.15) is 12.8 Å². The van der Waals surface area contributed by atoms with Crippen LogP contribution < -0.4 is 5.73 Å². The fraction of sp³-hybridized carbons (Fsp3) is 0.500. The van der Waals surface area contributed by atoms with Crippen LogP contribution in [0, 0.1) is 11.3 Å². The third-order valence-corrected chi connectivity index (χ3v) is 4.36. The average Bonchev–Trinajstić information content (AvgIpc) is 2.40. The van der Waals surface area contributed by atoms with Crippen LogP contribution >= 0.6 is 11.8 Å². The Morgan fingerprint density at radius 1 is 1.39 bits per heavy atom. The zero-order valence-corrected chi connectivity index (χ0v) is 11.5. The summed E-state index contributed by atoms with van der Waals surface area (Å²) in [6.07, 6.45) is 2.25. The van der Waals surface area contributed by atoms with Crippen molar-refractivity contribution in [3.05, 3.63) is 30.3 Å². The lowest BCUT2D eigenvalue weighted by molar-refractivity contribution is 0.215. The van der Waals surface area contributed by atoms with Gasteiger partial charge in [0.2, 0.25) is 0 Å². The second-order valence-corrected chi connectivity index (χ2v) is 5.92. The van der Waals surface area contributed by atoms with Crippen LogP contribution in [-0.2, 0) is 0 Å². The molecule has 18 heavy (non-hydrogen) atoms. The summed E-state index contributed by atoms with van der Waals surface area (Å²) in [5.41, 5.74) is 5.60. The summed E-state index contributed by atoms with van der Waals surface area (Å²) in [4.78, 5) is 3.77. The van der Waals surface area contributed by atoms with E-state index in [1.165, 1.54) is 11.3 Å². The van der Waals surface area contributed by atoms with Crippen molar-refractivity contribution in [2.75, 3.05) is 25.4 Å². The maximum absolute atomic E-state index is 7.54. The topological polar surface area (TPSA) is 53.1 Å². The van der Waals surface area contributed by atoms with Crippen molar-refractivity contribution < 1.29 is 0 Å². The van der Waals surface area contributed by atoms with E-state index in [0.717, 1.165) is 31.8 Å². The molecular weight excluding hydrogens is 242 g/mol. The van der Waals surface area contributed by atoms with Gasteiger partial charge in [-0.05, 0) is 31.5 Å². The molecule has 2 rings (SSSR count). The first-order chi connectivity index (χ1) is 8.75. The Kier molecular flexibility index (Phi) is 5.08. The number of amidine groups is 1. The normalized spacial score (nSPS) is 20.8. The summed E-state index contributed by atoms with van der Waals surface area (Å²) in [6.45, 7) is 3.20. The lowest BCUT2D eigenvalue weighted by atomic mass is 9.97. The van der Waals surface area contributed by atoms with Gasteiger partial charge in [0, 0.05) is 29.7 Å². The smallest absolute Gasteiger partial charge is 0.0949 e. The number of nitrogens with zero attached hydrogens (tertiary/aromatic N) is 1. The monoisotopic (exact) mass is 263 g/mol. The number of piperidine rings is 1. The molecule has 3 nitrogen and oxygen atoms in total. The highest BCUT2D eigenvalue weighted by Crippen LogP contribution is 2.19. The highest BCUT2D eigenvalue weighted by molar-refractivity contribution is 7.99. The first-order valence-electron chi connectivity index (χ1n) is 6.50. The van der Waals surface area contributed by atoms with Crippen LogP contribution in [0.15, 0.2) is 35.2 Å². The lowest BCUT2D eigenvalue weighted by Crippen LogP contribution is -2.41. The molecule has 98 valence electrons. The first-order valence-corrected chi connectivity index (χ1v) is 7.48. The number of benzene rings is 1. The van der Waals surface area contributed by atoms with Crippen LogP contribution in [0.5, 0.6) is 0 Å². The zero-order valence-electron chi connectivity index (χ0n) is 10.6. The molecular formula is C14H21N3S. The fourth-order valence-electron chi connectivity index (χ4n) is 2.32. The van der Waals surface area contributed by atoms with Crippen molar-refractivity contribution in [3.63, 3.8) is 0 Å². The molecule has 1 fully saturated rings. The fourth-order valence-corrected chi connectivity index (χ4v) is 3.26. The highest BCUT2D eigenvalue weighted by Gasteiger charge is 2.21. The molecule has 1 aromatic rings. The summed E-state index contributed by atoms with van der Waals surface area (Å²) in [5.74, 6) is 1.74. The van der Waals surface area contributed by atoms with Crippen molar-refractivity contribution in [2.45, 2.75) is 17.7 Å². The Hall–Kier alpha value is -1.00. The average molecular weight is 263 g/mol. The minimum absolute atomic E-state index is 0.278. The first kappa shape index (κ1) is 13.4. The summed E-state index contributed by atoms with van der Waals surface area (Å²) in [7, 11) is 0. The van der Waals surface area contributed by atoms with Gasteiger partial charge >= 0.3 is 0 Å². The van der Waals surface area contributed by atoms with Crippen LogP contribution in [-0.4, -0.2) is 36.1 Å². The van der Waals surface area contributed by atoms with Gasteiger partial charge in [-0.3, -0.25) is 5.41 Å². The minimum Gasteiger partial charge on any atom is -0.387 e. The number of rotatable bonds is 5. The number of nitrogens with one attached hydrogen (secondary N) is 1. The predicted octanol–water partition coefficient (Wildman–Crippen LogP) is 2.43. The summed E-state index contributed by atoms with van der Waals surface area (Å²) < 4.78 is 0. The van der Waals surface area contributed by atoms with E-state index >= 15 is 0 Å². The number of hydrogen-bond acceptors (Lipinski definition) is 3. The van der Waals surface area contributed by atoms with E-state index in [0.29, 0.717) is 5.84 Å². The number of nitrogens with two attached hydrogens (primary N) is 1. The SMILES string of the molecule is N=C(N)C1CCCN(CCSc2ccccc2)C1. The largest absolute Gasteiger partial charge is 0.387 e. The van der Waals surface area contributed by atoms with Gasteiger partial charge in [-0.2, -0.15) is 0 Å². The van der Waals surface area contributed by atoms with Crippen LogP contribution in [0.3, 0.4) is 0 Å². The number of likely N-dealkylation sites (tertiary alicyclic amines) is 1. The highest BCUT2D eigenvalue weighted by atomic mass is 32.2. The molecule has 0 spiro atoms. The van der Waals surface area contributed by atoms with Crippen molar-refractivity contribution in [3.8, 4) is 0 Å². The Balaban J connectivity index is 1.72. The maximum atomic E-state index is 7.54. The Morgan fingerprint density at radius 3 is 2.89 bits per heavy atom. The molecule has 1 heterocycles. The molecule has 0 radical (unpaired) electrons. The van der Waals surface area contributed by atoms with Gasteiger partial charge in [0.1, 0.15) is 0 Å². The molecule has 1 aromatic carbocycles. The summed E-state index contributed by atoms with van der Waals surface area (Å²) >= 11 is 1.90. The summed E-state index contributed by atoms with van der Waals surface area (Å²) in [6, 6.07) is 10.5. The van der Waals surface area contributed by atoms with Crippen LogP contribution in [0.2, 0.25) is 0 Å². The Labute approximate surface area is 113 Å². The predicted molar refractivity (Wildman–Crippen MR) is 78.2 cm³/mol. The molecule has 0 amide bonds. The van der Waals surface area contributed by atoms with Gasteiger partial charge in [0.15, 0.2) is 0 Å². The van der Waals surface area contributed by atoms with Crippen molar-refractivity contribution >= 4 is 17.6 Å². The van der Waals surface area contributed by atoms with Gasteiger partial charge in [-0.15, -0.1) is 11.8 Å². The van der Waals surface area contributed by atoms with Gasteiger partial charge < -0.3 is 10.6 Å². The second-order valence-electron chi connectivity index (χ2n) is 4.76. The van der Waals surface area contributed by atoms with E-state index in [9.17, 15) is 0 Å². The zero-order chi connectivity index (χ0) is 12.8. The van der Waals surface area contributed by atoms with E-state index in [-0.39, 0.29) is 5.92 Å². The molecule has 1 saturated heterocycles. The lowest BCUT2D eigenvalue weighted by Gasteiger charge is -2.31. The molecule has 1 aliphatic heterocycles. The molecule has 3 N–H and O–H groups in total. The van der Waals surface area contributed by atoms with Gasteiger partial charge in [0.05, 0.1) is 5.84 Å². The Bertz CT molecular complexity index is 380. The van der Waals surface area contributed by atoms with E-state index in [4.69, 9.17) is 11.1 Å². The van der Waals surface area contributed by atoms with Gasteiger partial charge in [-0.25, -0.2) is 0 Å². The third kappa shape index (κ3) is 4.03. The molecule has 0 saturated carbocycles. The third-order valence-electron chi connectivity index (χ3n) is 3.36. The van der Waals surface area contributed by atoms with E-state index in [1.54, 1.807) is 0 Å². The second kappa shape index (κ2) is 6.81. The molecule has 0 bridgehead atoms. The minimum atomic E-state index is 0.278. The molecule has 0 aliphatic carbocycles. The van der Waals surface area contributed by atoms with E-state index in [1.807, 2.05) is 17.8 Å². The van der Waals surface area contributed by atoms with Crippen molar-refractivity contribution in [1.82, 2.24) is 4.90 Å². The van der Waals surface area contributed by atoms with E-state index in [2.05, 4.69) is 29.2 Å². The van der Waals surface area contributed by atoms with E-state index < -0.39 is 0 Å². The number of thioether (sulfide) groups is 1. The Morgan fingerprint density at radius 2 is 2.17 bits per heavy atom. The molecule has 0 aromatic heterocycles. The van der Waals surface area contributed by atoms with Crippen molar-refractivity contribution in [2.24, 2.45) is 11.7 Å². The molecule has 1 aliphatic rings. The molecule has 4 heteroatoms. The van der Waals surface area contributed by atoms with Gasteiger partial charge in [0.25, 0.3) is 0 Å². The van der Waals surface area contributed by atoms with Crippen LogP contribution in [0.4, 0.5) is 0 Å². The van der Waals surface area contributed by atoms with Gasteiger partial charge in [-0.1, -0.05) is 18.2 Å². The standard InChI is InChI=1S/C14H21N3S/c15-14(16)12-5-4-8-17(11-12)9-10-18-13-6-2-1-3-7-13/h1-3,6-7,12H,4-5,8-11H2,(H3,15,16). The number of hydrogen-bond donors (Lipinski definition) is 2. The van der Waals surface area contributed by atoms with Crippen molar-refractivity contribution in [1.29, 1.82) is 5.41 Å². The molecule has 1 atom stereocenters. The quantitative estimate of drug-likeness (QED) is 0.487. The van der Waals surface area contributed by atoms with Crippen LogP contribution in [0.25, 0.3) is 0 Å². The molecule has 1 unspecified atom stereocenters. The summed E-state index contributed by atoms with van der Waals surface area (Å²) in [5, 5.41) is 7.54.